The Labute approximate surface area is 86.7 Å². The maximum absolute atomic E-state index is 11.3. The third-order valence-corrected chi connectivity index (χ3v) is 1.73. The molecule has 0 aromatic carbocycles. The number of carbonyl (C=O) groups excluding carboxylic acids is 1. The van der Waals surface area contributed by atoms with Crippen LogP contribution < -0.4 is 11.1 Å². The summed E-state index contributed by atoms with van der Waals surface area (Å²) in [5.74, 6) is -0.261. The first-order valence-electron chi connectivity index (χ1n) is 4.21. The third kappa shape index (κ3) is 3.27. The van der Waals surface area contributed by atoms with Crippen LogP contribution in [0, 0.1) is 0 Å². The van der Waals surface area contributed by atoms with Gasteiger partial charge in [-0.2, -0.15) is 0 Å². The molecular weight excluding hydrogens is 204 g/mol. The third-order valence-electron chi connectivity index (χ3n) is 1.53. The molecule has 0 fully saturated rings. The van der Waals surface area contributed by atoms with Gasteiger partial charge in [-0.25, -0.2) is 0 Å². The molecule has 1 aromatic heterocycles. The van der Waals surface area contributed by atoms with Crippen LogP contribution in [0.5, 0.6) is 0 Å². The molecule has 76 valence electrons. The minimum atomic E-state index is -0.261. The van der Waals surface area contributed by atoms with Crippen molar-refractivity contribution in [3.8, 4) is 0 Å². The van der Waals surface area contributed by atoms with Crippen LogP contribution in [0.1, 0.15) is 16.9 Å². The lowest BCUT2D eigenvalue weighted by Gasteiger charge is -2.02. The van der Waals surface area contributed by atoms with E-state index >= 15 is 0 Å². The highest BCUT2D eigenvalue weighted by Crippen LogP contribution is 2.01. The summed E-state index contributed by atoms with van der Waals surface area (Å²) >= 11 is 5.52. The standard InChI is InChI=1S/C8H11ClN4O/c9-7-3-2-6(12-13-7)8(14)11-5-1-4-10/h2-3H,1,4-5,10H2,(H,11,14). The number of rotatable bonds is 4. The Morgan fingerprint density at radius 2 is 2.29 bits per heavy atom. The van der Waals surface area contributed by atoms with Gasteiger partial charge in [-0.15, -0.1) is 10.2 Å². The molecule has 5 nitrogen and oxygen atoms in total. The molecule has 6 heteroatoms. The van der Waals surface area contributed by atoms with Crippen LogP contribution in [0.3, 0.4) is 0 Å². The van der Waals surface area contributed by atoms with E-state index < -0.39 is 0 Å². The summed E-state index contributed by atoms with van der Waals surface area (Å²) in [5.41, 5.74) is 5.53. The van der Waals surface area contributed by atoms with E-state index in [1.165, 1.54) is 12.1 Å². The molecule has 0 aliphatic rings. The second kappa shape index (κ2) is 5.51. The number of nitrogens with one attached hydrogen (secondary N) is 1. The van der Waals surface area contributed by atoms with Crippen LogP contribution in [0.4, 0.5) is 0 Å². The first kappa shape index (κ1) is 10.9. The molecule has 1 heterocycles. The van der Waals surface area contributed by atoms with Crippen LogP contribution >= 0.6 is 11.6 Å². The largest absolute Gasteiger partial charge is 0.351 e. The molecule has 0 bridgehead atoms. The van der Waals surface area contributed by atoms with Gasteiger partial charge in [0.1, 0.15) is 0 Å². The number of carbonyl (C=O) groups is 1. The van der Waals surface area contributed by atoms with Crippen LogP contribution in [-0.2, 0) is 0 Å². The molecule has 0 saturated carbocycles. The highest BCUT2D eigenvalue weighted by Gasteiger charge is 2.05. The summed E-state index contributed by atoms with van der Waals surface area (Å²) in [6.07, 6.45) is 0.743. The predicted molar refractivity (Wildman–Crippen MR) is 53.0 cm³/mol. The van der Waals surface area contributed by atoms with Crippen LogP contribution in [0.25, 0.3) is 0 Å². The highest BCUT2D eigenvalue weighted by molar-refractivity contribution is 6.29. The second-order valence-corrected chi connectivity index (χ2v) is 3.03. The van der Waals surface area contributed by atoms with E-state index in [-0.39, 0.29) is 16.8 Å². The van der Waals surface area contributed by atoms with Crippen molar-refractivity contribution in [2.45, 2.75) is 6.42 Å². The Hall–Kier alpha value is -1.20. The highest BCUT2D eigenvalue weighted by atomic mass is 35.5. The van der Waals surface area contributed by atoms with Gasteiger partial charge in [-0.05, 0) is 25.1 Å². The van der Waals surface area contributed by atoms with E-state index in [0.29, 0.717) is 13.1 Å². The molecule has 0 unspecified atom stereocenters. The number of nitrogens with two attached hydrogens (primary N) is 1. The Morgan fingerprint density at radius 1 is 1.50 bits per heavy atom. The lowest BCUT2D eigenvalue weighted by atomic mass is 10.3. The van der Waals surface area contributed by atoms with Crippen LogP contribution in [0.15, 0.2) is 12.1 Å². The topological polar surface area (TPSA) is 80.9 Å². The number of nitrogens with zero attached hydrogens (tertiary/aromatic N) is 2. The maximum Gasteiger partial charge on any atom is 0.271 e. The average molecular weight is 215 g/mol. The Bertz CT molecular complexity index is 301. The summed E-state index contributed by atoms with van der Waals surface area (Å²) < 4.78 is 0. The number of hydrogen-bond acceptors (Lipinski definition) is 4. The van der Waals surface area contributed by atoms with Crippen molar-refractivity contribution in [1.82, 2.24) is 15.5 Å². The Kier molecular flexibility index (Phi) is 4.28. The van der Waals surface area contributed by atoms with Gasteiger partial charge in [0.15, 0.2) is 10.8 Å². The average Bonchev–Trinajstić information content (AvgIpc) is 2.19. The molecule has 1 amide bonds. The van der Waals surface area contributed by atoms with Crippen molar-refractivity contribution in [3.05, 3.63) is 23.0 Å². The van der Waals surface area contributed by atoms with E-state index in [4.69, 9.17) is 17.3 Å². The summed E-state index contributed by atoms with van der Waals surface area (Å²) in [5, 5.41) is 10.1. The molecule has 0 atom stereocenters. The van der Waals surface area contributed by atoms with Gasteiger partial charge in [0.2, 0.25) is 0 Å². The number of halogens is 1. The minimum Gasteiger partial charge on any atom is -0.351 e. The van der Waals surface area contributed by atoms with Crippen molar-refractivity contribution >= 4 is 17.5 Å². The van der Waals surface area contributed by atoms with Crippen molar-refractivity contribution in [1.29, 1.82) is 0 Å². The fourth-order valence-electron chi connectivity index (χ4n) is 0.832. The van der Waals surface area contributed by atoms with Gasteiger partial charge in [0, 0.05) is 6.54 Å². The zero-order valence-corrected chi connectivity index (χ0v) is 8.29. The van der Waals surface area contributed by atoms with Gasteiger partial charge in [-0.1, -0.05) is 11.6 Å². The van der Waals surface area contributed by atoms with Gasteiger partial charge < -0.3 is 11.1 Å². The quantitative estimate of drug-likeness (QED) is 0.702. The number of aromatic nitrogens is 2. The molecule has 0 radical (unpaired) electrons. The van der Waals surface area contributed by atoms with Gasteiger partial charge >= 0.3 is 0 Å². The summed E-state index contributed by atoms with van der Waals surface area (Å²) in [6.45, 7) is 1.09. The minimum absolute atomic E-state index is 0.256. The molecule has 14 heavy (non-hydrogen) atoms. The fraction of sp³-hybridized carbons (Fsp3) is 0.375. The maximum atomic E-state index is 11.3. The van der Waals surface area contributed by atoms with E-state index in [0.717, 1.165) is 6.42 Å². The predicted octanol–water partition coefficient (Wildman–Crippen LogP) is 0.209. The zero-order valence-electron chi connectivity index (χ0n) is 7.53. The van der Waals surface area contributed by atoms with Gasteiger partial charge in [0.05, 0.1) is 0 Å². The van der Waals surface area contributed by atoms with E-state index in [1.54, 1.807) is 0 Å². The second-order valence-electron chi connectivity index (χ2n) is 2.64. The smallest absolute Gasteiger partial charge is 0.271 e. The molecule has 0 aliphatic carbocycles. The fourth-order valence-corrected chi connectivity index (χ4v) is 0.932. The van der Waals surface area contributed by atoms with Crippen LogP contribution in [-0.4, -0.2) is 29.2 Å². The monoisotopic (exact) mass is 214 g/mol. The van der Waals surface area contributed by atoms with Gasteiger partial charge in [0.25, 0.3) is 5.91 Å². The zero-order chi connectivity index (χ0) is 10.4. The van der Waals surface area contributed by atoms with E-state index in [2.05, 4.69) is 15.5 Å². The van der Waals surface area contributed by atoms with Crippen molar-refractivity contribution in [2.24, 2.45) is 5.73 Å². The lowest BCUT2D eigenvalue weighted by Crippen LogP contribution is -2.26. The van der Waals surface area contributed by atoms with E-state index in [9.17, 15) is 4.79 Å². The first-order valence-corrected chi connectivity index (χ1v) is 4.59. The molecule has 0 saturated heterocycles. The normalized spacial score (nSPS) is 9.86. The molecule has 3 N–H and O–H groups in total. The molecule has 0 aliphatic heterocycles. The lowest BCUT2D eigenvalue weighted by molar-refractivity contribution is 0.0947. The Balaban J connectivity index is 2.48. The number of amides is 1. The van der Waals surface area contributed by atoms with E-state index in [1.807, 2.05) is 0 Å². The Morgan fingerprint density at radius 3 is 2.86 bits per heavy atom. The molecule has 1 rings (SSSR count). The summed E-state index contributed by atoms with van der Waals surface area (Å²) in [6, 6.07) is 3.04. The van der Waals surface area contributed by atoms with Crippen LogP contribution in [0.2, 0.25) is 5.15 Å². The van der Waals surface area contributed by atoms with Gasteiger partial charge in [-0.3, -0.25) is 4.79 Å². The summed E-state index contributed by atoms with van der Waals surface area (Å²) in [4.78, 5) is 11.3. The number of hydrogen-bond donors (Lipinski definition) is 2. The van der Waals surface area contributed by atoms with Crippen molar-refractivity contribution in [2.75, 3.05) is 13.1 Å². The summed E-state index contributed by atoms with van der Waals surface area (Å²) in [7, 11) is 0. The molecule has 0 spiro atoms. The van der Waals surface area contributed by atoms with Crippen molar-refractivity contribution < 1.29 is 4.79 Å². The SMILES string of the molecule is NCCCNC(=O)c1ccc(Cl)nn1. The first-order chi connectivity index (χ1) is 6.74. The molecular formula is C8H11ClN4O. The van der Waals surface area contributed by atoms with Crippen molar-refractivity contribution in [3.63, 3.8) is 0 Å². The molecule has 1 aromatic rings.